The number of alkyl halides is 6. The van der Waals surface area contributed by atoms with Crippen molar-refractivity contribution in [2.24, 2.45) is 0 Å². The molecule has 0 saturated heterocycles. The second-order valence-electron chi connectivity index (χ2n) is 8.30. The first kappa shape index (κ1) is 27.4. The maximum atomic E-state index is 13.2. The van der Waals surface area contributed by atoms with Crippen LogP contribution in [-0.4, -0.2) is 19.7 Å². The largest absolute Gasteiger partial charge is 0.466 e. The van der Waals surface area contributed by atoms with Gasteiger partial charge in [0.05, 0.1) is 30.9 Å². The minimum atomic E-state index is -4.94. The van der Waals surface area contributed by atoms with Crippen molar-refractivity contribution in [2.75, 3.05) is 13.7 Å². The molecule has 34 heavy (non-hydrogen) atoms. The Morgan fingerprint density at radius 1 is 0.941 bits per heavy atom. The van der Waals surface area contributed by atoms with Crippen molar-refractivity contribution in [2.45, 2.75) is 51.1 Å². The second kappa shape index (κ2) is 10.6. The third-order valence-electron chi connectivity index (χ3n) is 5.57. The molecular weight excluding hydrogens is 462 g/mol. The highest BCUT2D eigenvalue weighted by Gasteiger charge is 2.37. The SMILES string of the molecule is COC(=O)/C(C)=C\C[C@@](C)(CO[C@H](C)c1cc(C(F)(F)F)cc(C(F)(F)F)c1)c1ccccc1. The molecule has 0 N–H and O–H groups in total. The van der Waals surface area contributed by atoms with Crippen LogP contribution in [0.4, 0.5) is 26.3 Å². The molecule has 0 unspecified atom stereocenters. The molecule has 0 heterocycles. The minimum absolute atomic E-state index is 0.0271. The van der Waals surface area contributed by atoms with Gasteiger partial charge >= 0.3 is 18.3 Å². The Balaban J connectivity index is 2.36. The molecule has 2 atom stereocenters. The summed E-state index contributed by atoms with van der Waals surface area (Å²) in [5.74, 6) is -0.506. The molecule has 0 aliphatic rings. The molecule has 0 aromatic heterocycles. The predicted octanol–water partition coefficient (Wildman–Crippen LogP) is 7.27. The van der Waals surface area contributed by atoms with Crippen LogP contribution in [0.1, 0.15) is 55.5 Å². The number of esters is 1. The number of rotatable bonds is 8. The number of hydrogen-bond acceptors (Lipinski definition) is 3. The number of allylic oxidation sites excluding steroid dienone is 1. The number of halogens is 6. The van der Waals surface area contributed by atoms with E-state index >= 15 is 0 Å². The number of benzene rings is 2. The predicted molar refractivity (Wildman–Crippen MR) is 115 cm³/mol. The summed E-state index contributed by atoms with van der Waals surface area (Å²) in [4.78, 5) is 11.7. The molecule has 186 valence electrons. The van der Waals surface area contributed by atoms with E-state index in [4.69, 9.17) is 9.47 Å². The third kappa shape index (κ3) is 7.09. The van der Waals surface area contributed by atoms with Crippen LogP contribution < -0.4 is 0 Å². The van der Waals surface area contributed by atoms with E-state index in [1.807, 2.05) is 25.1 Å². The van der Waals surface area contributed by atoms with E-state index in [1.54, 1.807) is 25.1 Å². The van der Waals surface area contributed by atoms with Gasteiger partial charge in [0.25, 0.3) is 0 Å². The van der Waals surface area contributed by atoms with Gasteiger partial charge in [0.15, 0.2) is 0 Å². The van der Waals surface area contributed by atoms with Gasteiger partial charge in [0.1, 0.15) is 0 Å². The van der Waals surface area contributed by atoms with E-state index in [0.717, 1.165) is 5.56 Å². The summed E-state index contributed by atoms with van der Waals surface area (Å²) in [6, 6.07) is 10.5. The molecule has 0 radical (unpaired) electrons. The number of methoxy groups -OCH3 is 1. The monoisotopic (exact) mass is 488 g/mol. The summed E-state index contributed by atoms with van der Waals surface area (Å²) in [7, 11) is 1.26. The quantitative estimate of drug-likeness (QED) is 0.223. The topological polar surface area (TPSA) is 35.5 Å². The first-order valence-electron chi connectivity index (χ1n) is 10.4. The number of carbonyl (C=O) groups is 1. The van der Waals surface area contributed by atoms with Crippen molar-refractivity contribution in [3.63, 3.8) is 0 Å². The van der Waals surface area contributed by atoms with Gasteiger partial charge in [-0.15, -0.1) is 0 Å². The Kier molecular flexibility index (Phi) is 8.58. The maximum Gasteiger partial charge on any atom is 0.416 e. The van der Waals surface area contributed by atoms with Crippen LogP contribution in [0.5, 0.6) is 0 Å². The molecule has 9 heteroatoms. The van der Waals surface area contributed by atoms with Crippen LogP contribution in [0.2, 0.25) is 0 Å². The van der Waals surface area contributed by atoms with Crippen molar-refractivity contribution in [3.05, 3.63) is 82.4 Å². The average Bonchev–Trinajstić information content (AvgIpc) is 2.79. The first-order chi connectivity index (χ1) is 15.7. The lowest BCUT2D eigenvalue weighted by atomic mass is 9.79. The smallest absolute Gasteiger partial charge is 0.416 e. The third-order valence-corrected chi connectivity index (χ3v) is 5.57. The van der Waals surface area contributed by atoms with Crippen LogP contribution in [-0.2, 0) is 32.0 Å². The van der Waals surface area contributed by atoms with Gasteiger partial charge < -0.3 is 9.47 Å². The molecule has 2 aromatic rings. The van der Waals surface area contributed by atoms with Gasteiger partial charge in [0.2, 0.25) is 0 Å². The Morgan fingerprint density at radius 2 is 1.47 bits per heavy atom. The van der Waals surface area contributed by atoms with Gasteiger partial charge in [-0.2, -0.15) is 26.3 Å². The Morgan fingerprint density at radius 3 is 1.94 bits per heavy atom. The molecule has 0 amide bonds. The van der Waals surface area contributed by atoms with Gasteiger partial charge in [0, 0.05) is 11.0 Å². The van der Waals surface area contributed by atoms with Crippen molar-refractivity contribution >= 4 is 5.97 Å². The highest BCUT2D eigenvalue weighted by molar-refractivity contribution is 5.87. The fourth-order valence-electron chi connectivity index (χ4n) is 3.34. The van der Waals surface area contributed by atoms with Gasteiger partial charge in [-0.05, 0) is 49.6 Å². The summed E-state index contributed by atoms with van der Waals surface area (Å²) in [6.07, 6.45) is -8.95. The summed E-state index contributed by atoms with van der Waals surface area (Å²) in [5, 5.41) is 0. The molecule has 0 fully saturated rings. The van der Waals surface area contributed by atoms with E-state index in [2.05, 4.69) is 0 Å². The average molecular weight is 488 g/mol. The van der Waals surface area contributed by atoms with Gasteiger partial charge in [-0.1, -0.05) is 43.3 Å². The van der Waals surface area contributed by atoms with E-state index < -0.39 is 41.0 Å². The van der Waals surface area contributed by atoms with Crippen molar-refractivity contribution in [1.29, 1.82) is 0 Å². The standard InChI is InChI=1S/C25H26F6O3/c1-16(22(32)33-4)10-11-23(3,19-8-6-5-7-9-19)15-34-17(2)18-12-20(24(26,27)28)14-21(13-18)25(29,30)31/h5-10,12-14,17H,11,15H2,1-4H3/b16-10-/t17-,23+/m1/s1. The molecule has 3 nitrogen and oxygen atoms in total. The Bertz CT molecular complexity index is 979. The van der Waals surface area contributed by atoms with Crippen molar-refractivity contribution in [1.82, 2.24) is 0 Å². The number of ether oxygens (including phenoxy) is 2. The minimum Gasteiger partial charge on any atom is -0.466 e. The molecular formula is C25H26F6O3. The number of carbonyl (C=O) groups excluding carboxylic acids is 1. The second-order valence-corrected chi connectivity index (χ2v) is 8.30. The summed E-state index contributed by atoms with van der Waals surface area (Å²) >= 11 is 0. The lowest BCUT2D eigenvalue weighted by Gasteiger charge is -2.31. The zero-order valence-electron chi connectivity index (χ0n) is 19.2. The summed E-state index contributed by atoms with van der Waals surface area (Å²) in [6.45, 7) is 4.79. The van der Waals surface area contributed by atoms with E-state index in [9.17, 15) is 31.1 Å². The molecule has 0 saturated carbocycles. The molecule has 0 spiro atoms. The maximum absolute atomic E-state index is 13.2. The van der Waals surface area contributed by atoms with Crippen LogP contribution in [0.15, 0.2) is 60.2 Å². The number of hydrogen-bond donors (Lipinski definition) is 0. The van der Waals surface area contributed by atoms with Gasteiger partial charge in [-0.25, -0.2) is 4.79 Å². The van der Waals surface area contributed by atoms with Crippen LogP contribution >= 0.6 is 0 Å². The highest BCUT2D eigenvalue weighted by Crippen LogP contribution is 2.38. The zero-order chi connectivity index (χ0) is 25.7. The summed E-state index contributed by atoms with van der Waals surface area (Å²) < 4.78 is 89.8. The zero-order valence-corrected chi connectivity index (χ0v) is 19.2. The molecule has 2 rings (SSSR count). The van der Waals surface area contributed by atoms with Crippen molar-refractivity contribution < 1.29 is 40.6 Å². The lowest BCUT2D eigenvalue weighted by Crippen LogP contribution is -2.29. The fourth-order valence-corrected chi connectivity index (χ4v) is 3.34. The van der Waals surface area contributed by atoms with E-state index in [1.165, 1.54) is 14.0 Å². The fraction of sp³-hybridized carbons (Fsp3) is 0.400. The molecule has 0 aliphatic carbocycles. The van der Waals surface area contributed by atoms with Crippen molar-refractivity contribution in [3.8, 4) is 0 Å². The highest BCUT2D eigenvalue weighted by atomic mass is 19.4. The summed E-state index contributed by atoms with van der Waals surface area (Å²) in [5.41, 5.74) is -2.55. The first-order valence-corrected chi connectivity index (χ1v) is 10.4. The molecule has 0 aliphatic heterocycles. The van der Waals surface area contributed by atoms with E-state index in [-0.39, 0.29) is 18.2 Å². The van der Waals surface area contributed by atoms with E-state index in [0.29, 0.717) is 24.1 Å². The van der Waals surface area contributed by atoms with Crippen LogP contribution in [0.25, 0.3) is 0 Å². The molecule has 0 bridgehead atoms. The normalized spacial score (nSPS) is 15.5. The molecule has 2 aromatic carbocycles. The van der Waals surface area contributed by atoms with Crippen LogP contribution in [0, 0.1) is 0 Å². The Labute approximate surface area is 194 Å². The van der Waals surface area contributed by atoms with Gasteiger partial charge in [-0.3, -0.25) is 0 Å². The Hall–Kier alpha value is -2.81. The lowest BCUT2D eigenvalue weighted by molar-refractivity contribution is -0.143. The van der Waals surface area contributed by atoms with Crippen LogP contribution in [0.3, 0.4) is 0 Å².